The molecule has 7 heteroatoms. The lowest BCUT2D eigenvalue weighted by atomic mass is 10.3. The van der Waals surface area contributed by atoms with E-state index in [9.17, 15) is 8.42 Å². The number of nitrogens with zero attached hydrogens (tertiary/aromatic N) is 2. The van der Waals surface area contributed by atoms with E-state index in [0.29, 0.717) is 6.54 Å². The van der Waals surface area contributed by atoms with E-state index >= 15 is 0 Å². The maximum Gasteiger partial charge on any atom is 0.259 e. The van der Waals surface area contributed by atoms with Gasteiger partial charge in [-0.05, 0) is 13.0 Å². The molecule has 15 heavy (non-hydrogen) atoms. The van der Waals surface area contributed by atoms with Crippen molar-refractivity contribution in [2.75, 3.05) is 13.1 Å². The highest BCUT2D eigenvalue weighted by atomic mass is 32.2. The van der Waals surface area contributed by atoms with Gasteiger partial charge in [-0.1, -0.05) is 0 Å². The Labute approximate surface area is 88.7 Å². The van der Waals surface area contributed by atoms with E-state index in [4.69, 9.17) is 0 Å². The van der Waals surface area contributed by atoms with Gasteiger partial charge in [0.2, 0.25) is 0 Å². The summed E-state index contributed by atoms with van der Waals surface area (Å²) in [4.78, 5) is 3.82. The molecular formula is C8H14N4O2S. The Morgan fingerprint density at radius 1 is 1.67 bits per heavy atom. The molecule has 2 rings (SSSR count). The van der Waals surface area contributed by atoms with Crippen molar-refractivity contribution in [2.24, 2.45) is 7.05 Å². The Kier molecular flexibility index (Phi) is 2.76. The SMILES string of the molecule is Cn1cnc(S(=O)(=O)N[C@@H]2CCNC2)c1. The van der Waals surface area contributed by atoms with Crippen molar-refractivity contribution in [1.82, 2.24) is 19.6 Å². The Morgan fingerprint density at radius 2 is 2.47 bits per heavy atom. The number of aryl methyl sites for hydroxylation is 1. The fourth-order valence-electron chi connectivity index (χ4n) is 1.56. The highest BCUT2D eigenvalue weighted by Gasteiger charge is 2.23. The van der Waals surface area contributed by atoms with Crippen LogP contribution in [0, 0.1) is 0 Å². The van der Waals surface area contributed by atoms with Gasteiger partial charge in [0.15, 0.2) is 5.03 Å². The maximum atomic E-state index is 11.8. The third-order valence-corrected chi connectivity index (χ3v) is 3.74. The van der Waals surface area contributed by atoms with E-state index < -0.39 is 10.0 Å². The van der Waals surface area contributed by atoms with Gasteiger partial charge in [0.05, 0.1) is 6.33 Å². The van der Waals surface area contributed by atoms with Gasteiger partial charge in [-0.3, -0.25) is 0 Å². The van der Waals surface area contributed by atoms with Crippen LogP contribution in [0.15, 0.2) is 17.6 Å². The highest BCUT2D eigenvalue weighted by Crippen LogP contribution is 2.07. The standard InChI is InChI=1S/C8H14N4O2S/c1-12-5-8(10-6-12)15(13,14)11-7-2-3-9-4-7/h5-7,9,11H,2-4H2,1H3/t7-/m1/s1. The fourth-order valence-corrected chi connectivity index (χ4v) is 2.81. The van der Waals surface area contributed by atoms with E-state index in [0.717, 1.165) is 13.0 Å². The van der Waals surface area contributed by atoms with Gasteiger partial charge in [-0.25, -0.2) is 18.1 Å². The molecule has 1 aromatic heterocycles. The molecule has 0 amide bonds. The van der Waals surface area contributed by atoms with Crippen LogP contribution < -0.4 is 10.0 Å². The van der Waals surface area contributed by atoms with Crippen LogP contribution in [0.4, 0.5) is 0 Å². The summed E-state index contributed by atoms with van der Waals surface area (Å²) < 4.78 is 27.8. The zero-order valence-corrected chi connectivity index (χ0v) is 9.29. The molecule has 0 aromatic carbocycles. The van der Waals surface area contributed by atoms with Gasteiger partial charge in [0, 0.05) is 25.8 Å². The lowest BCUT2D eigenvalue weighted by Gasteiger charge is -2.09. The first kappa shape index (κ1) is 10.6. The molecule has 6 nitrogen and oxygen atoms in total. The number of aromatic nitrogens is 2. The molecule has 0 unspecified atom stereocenters. The monoisotopic (exact) mass is 230 g/mol. The van der Waals surface area contributed by atoms with Crippen LogP contribution in [0.5, 0.6) is 0 Å². The average Bonchev–Trinajstić information content (AvgIpc) is 2.75. The topological polar surface area (TPSA) is 76.0 Å². The summed E-state index contributed by atoms with van der Waals surface area (Å²) >= 11 is 0. The van der Waals surface area contributed by atoms with E-state index in [1.807, 2.05) is 0 Å². The molecule has 0 saturated carbocycles. The summed E-state index contributed by atoms with van der Waals surface area (Å²) in [6, 6.07) is -0.0167. The summed E-state index contributed by atoms with van der Waals surface area (Å²) in [5.74, 6) is 0. The first-order chi connectivity index (χ1) is 7.08. The predicted octanol–water partition coefficient (Wildman–Crippen LogP) is -0.940. The molecule has 2 heterocycles. The second kappa shape index (κ2) is 3.92. The van der Waals surface area contributed by atoms with Gasteiger partial charge < -0.3 is 9.88 Å². The lowest BCUT2D eigenvalue weighted by Crippen LogP contribution is -2.36. The van der Waals surface area contributed by atoms with E-state index in [1.54, 1.807) is 11.6 Å². The van der Waals surface area contributed by atoms with Crippen LogP contribution in [0.25, 0.3) is 0 Å². The van der Waals surface area contributed by atoms with E-state index in [1.165, 1.54) is 12.5 Å². The zero-order chi connectivity index (χ0) is 10.9. The van der Waals surface area contributed by atoms with Crippen molar-refractivity contribution in [3.63, 3.8) is 0 Å². The van der Waals surface area contributed by atoms with Gasteiger partial charge in [0.1, 0.15) is 0 Å². The molecular weight excluding hydrogens is 216 g/mol. The van der Waals surface area contributed by atoms with Gasteiger partial charge in [-0.15, -0.1) is 0 Å². The number of sulfonamides is 1. The molecule has 1 aromatic rings. The number of hydrogen-bond acceptors (Lipinski definition) is 4. The highest BCUT2D eigenvalue weighted by molar-refractivity contribution is 7.89. The summed E-state index contributed by atoms with van der Waals surface area (Å²) in [6.07, 6.45) is 3.79. The number of hydrogen-bond donors (Lipinski definition) is 2. The van der Waals surface area contributed by atoms with Crippen molar-refractivity contribution in [3.8, 4) is 0 Å². The Morgan fingerprint density at radius 3 is 3.00 bits per heavy atom. The third-order valence-electron chi connectivity index (χ3n) is 2.34. The van der Waals surface area contributed by atoms with Crippen LogP contribution in [-0.4, -0.2) is 37.1 Å². The number of nitrogens with one attached hydrogen (secondary N) is 2. The number of imidazole rings is 1. The molecule has 1 fully saturated rings. The largest absolute Gasteiger partial charge is 0.339 e. The van der Waals surface area contributed by atoms with E-state index in [2.05, 4.69) is 15.0 Å². The molecule has 84 valence electrons. The quantitative estimate of drug-likeness (QED) is 0.702. The van der Waals surface area contributed by atoms with Crippen molar-refractivity contribution in [1.29, 1.82) is 0 Å². The molecule has 1 aliphatic heterocycles. The second-order valence-electron chi connectivity index (χ2n) is 3.69. The Hall–Kier alpha value is -0.920. The molecule has 1 atom stereocenters. The van der Waals surface area contributed by atoms with Crippen LogP contribution in [-0.2, 0) is 17.1 Å². The van der Waals surface area contributed by atoms with Crippen molar-refractivity contribution in [2.45, 2.75) is 17.5 Å². The van der Waals surface area contributed by atoms with Crippen LogP contribution in [0.1, 0.15) is 6.42 Å². The number of rotatable bonds is 3. The minimum atomic E-state index is -3.44. The van der Waals surface area contributed by atoms with E-state index in [-0.39, 0.29) is 11.1 Å². The van der Waals surface area contributed by atoms with Crippen molar-refractivity contribution < 1.29 is 8.42 Å². The lowest BCUT2D eigenvalue weighted by molar-refractivity contribution is 0.557. The first-order valence-electron chi connectivity index (χ1n) is 4.79. The molecule has 1 aliphatic rings. The smallest absolute Gasteiger partial charge is 0.259 e. The summed E-state index contributed by atoms with van der Waals surface area (Å²) in [5.41, 5.74) is 0. The summed E-state index contributed by atoms with van der Waals surface area (Å²) in [5, 5.41) is 3.18. The molecule has 1 saturated heterocycles. The zero-order valence-electron chi connectivity index (χ0n) is 8.47. The Balaban J connectivity index is 2.12. The molecule has 0 spiro atoms. The minimum Gasteiger partial charge on any atom is -0.339 e. The second-order valence-corrected chi connectivity index (χ2v) is 5.35. The van der Waals surface area contributed by atoms with Crippen LogP contribution in [0.2, 0.25) is 0 Å². The van der Waals surface area contributed by atoms with Gasteiger partial charge in [0.25, 0.3) is 10.0 Å². The van der Waals surface area contributed by atoms with Crippen molar-refractivity contribution in [3.05, 3.63) is 12.5 Å². The molecule has 0 bridgehead atoms. The normalized spacial score (nSPS) is 22.1. The van der Waals surface area contributed by atoms with Gasteiger partial charge in [-0.2, -0.15) is 0 Å². The van der Waals surface area contributed by atoms with Crippen molar-refractivity contribution >= 4 is 10.0 Å². The minimum absolute atomic E-state index is 0.0167. The average molecular weight is 230 g/mol. The third kappa shape index (κ3) is 2.36. The molecule has 0 aliphatic carbocycles. The molecule has 2 N–H and O–H groups in total. The predicted molar refractivity (Wildman–Crippen MR) is 54.8 cm³/mol. The van der Waals surface area contributed by atoms with Gasteiger partial charge >= 0.3 is 0 Å². The molecule has 0 radical (unpaired) electrons. The maximum absolute atomic E-state index is 11.8. The summed E-state index contributed by atoms with van der Waals surface area (Å²) in [6.45, 7) is 1.54. The Bertz CT molecular complexity index is 433. The van der Waals surface area contributed by atoms with Crippen LogP contribution in [0.3, 0.4) is 0 Å². The summed E-state index contributed by atoms with van der Waals surface area (Å²) in [7, 11) is -1.71. The van der Waals surface area contributed by atoms with Crippen LogP contribution >= 0.6 is 0 Å². The first-order valence-corrected chi connectivity index (χ1v) is 6.27. The fraction of sp³-hybridized carbons (Fsp3) is 0.625.